The molecule has 2 bridgehead atoms. The SMILES string of the molecule is Cn1cc(CCC(=O)N2CCCc3cccc(n3)NCCCNC(=O)C2)cn1. The molecule has 0 fully saturated rings. The van der Waals surface area contributed by atoms with Crippen LogP contribution in [0.4, 0.5) is 5.82 Å². The molecule has 0 saturated carbocycles. The molecule has 0 unspecified atom stereocenters. The zero-order valence-electron chi connectivity index (χ0n) is 16.4. The maximum Gasteiger partial charge on any atom is 0.239 e. The highest BCUT2D eigenvalue weighted by Crippen LogP contribution is 2.09. The van der Waals surface area contributed by atoms with Gasteiger partial charge >= 0.3 is 0 Å². The topological polar surface area (TPSA) is 92.2 Å². The summed E-state index contributed by atoms with van der Waals surface area (Å²) >= 11 is 0. The van der Waals surface area contributed by atoms with Crippen molar-refractivity contribution >= 4 is 17.6 Å². The fourth-order valence-corrected chi connectivity index (χ4v) is 3.23. The number of amides is 2. The number of aromatic nitrogens is 3. The molecule has 0 radical (unpaired) electrons. The van der Waals surface area contributed by atoms with E-state index in [0.29, 0.717) is 25.9 Å². The zero-order chi connectivity index (χ0) is 19.8. The molecule has 2 amide bonds. The lowest BCUT2D eigenvalue weighted by molar-refractivity contribution is -0.136. The summed E-state index contributed by atoms with van der Waals surface area (Å²) in [7, 11) is 1.86. The van der Waals surface area contributed by atoms with Gasteiger partial charge in [0, 0.05) is 45.0 Å². The molecular weight excluding hydrogens is 356 g/mol. The molecule has 3 heterocycles. The molecule has 8 nitrogen and oxygen atoms in total. The molecule has 150 valence electrons. The quantitative estimate of drug-likeness (QED) is 0.828. The van der Waals surface area contributed by atoms with Gasteiger partial charge in [-0.2, -0.15) is 5.10 Å². The van der Waals surface area contributed by atoms with Gasteiger partial charge in [0.15, 0.2) is 0 Å². The first-order valence-corrected chi connectivity index (χ1v) is 9.82. The minimum Gasteiger partial charge on any atom is -0.370 e. The zero-order valence-corrected chi connectivity index (χ0v) is 16.4. The van der Waals surface area contributed by atoms with Crippen molar-refractivity contribution in [3.63, 3.8) is 0 Å². The van der Waals surface area contributed by atoms with Crippen LogP contribution < -0.4 is 10.6 Å². The number of hydrogen-bond donors (Lipinski definition) is 2. The van der Waals surface area contributed by atoms with Crippen LogP contribution >= 0.6 is 0 Å². The number of anilines is 1. The molecule has 1 aliphatic rings. The van der Waals surface area contributed by atoms with E-state index < -0.39 is 0 Å². The molecule has 0 spiro atoms. The molecule has 28 heavy (non-hydrogen) atoms. The van der Waals surface area contributed by atoms with Gasteiger partial charge in [-0.05, 0) is 43.4 Å². The molecule has 0 saturated heterocycles. The third-order valence-corrected chi connectivity index (χ3v) is 4.72. The van der Waals surface area contributed by atoms with Crippen molar-refractivity contribution in [2.24, 2.45) is 7.05 Å². The van der Waals surface area contributed by atoms with Crippen LogP contribution in [0.1, 0.15) is 30.5 Å². The standard InChI is InChI=1S/C20H28N6O2/c1-25-14-16(13-23-25)8-9-20(28)26-12-3-6-17-5-2-7-18(24-17)21-10-4-11-22-19(27)15-26/h2,5,7,13-14H,3-4,6,8-12,15H2,1H3,(H,21,24)(H,22,27). The number of nitrogens with zero attached hydrogens (tertiary/aromatic N) is 4. The van der Waals surface area contributed by atoms with Gasteiger partial charge in [-0.15, -0.1) is 0 Å². The fourth-order valence-electron chi connectivity index (χ4n) is 3.23. The van der Waals surface area contributed by atoms with E-state index in [1.165, 1.54) is 0 Å². The number of aryl methyl sites for hydroxylation is 3. The van der Waals surface area contributed by atoms with E-state index in [4.69, 9.17) is 0 Å². The summed E-state index contributed by atoms with van der Waals surface area (Å²) in [6.45, 7) is 1.96. The van der Waals surface area contributed by atoms with E-state index in [0.717, 1.165) is 42.9 Å². The van der Waals surface area contributed by atoms with Crippen LogP contribution in [0.15, 0.2) is 30.6 Å². The maximum atomic E-state index is 12.7. The highest BCUT2D eigenvalue weighted by atomic mass is 16.2. The second kappa shape index (κ2) is 9.87. The van der Waals surface area contributed by atoms with Crippen molar-refractivity contribution in [2.75, 3.05) is 31.5 Å². The van der Waals surface area contributed by atoms with Gasteiger partial charge < -0.3 is 15.5 Å². The number of nitrogens with one attached hydrogen (secondary N) is 2. The van der Waals surface area contributed by atoms with Gasteiger partial charge in [0.25, 0.3) is 0 Å². The van der Waals surface area contributed by atoms with Gasteiger partial charge in [0.2, 0.25) is 11.8 Å². The van der Waals surface area contributed by atoms with Crippen molar-refractivity contribution in [1.82, 2.24) is 25.0 Å². The lowest BCUT2D eigenvalue weighted by Crippen LogP contribution is -2.42. The highest BCUT2D eigenvalue weighted by molar-refractivity contribution is 5.84. The Kier molecular flexibility index (Phi) is 7.00. The lowest BCUT2D eigenvalue weighted by Gasteiger charge is -2.22. The van der Waals surface area contributed by atoms with Crippen molar-refractivity contribution in [2.45, 2.75) is 32.1 Å². The summed E-state index contributed by atoms with van der Waals surface area (Å²) in [6, 6.07) is 5.94. The highest BCUT2D eigenvalue weighted by Gasteiger charge is 2.17. The third-order valence-electron chi connectivity index (χ3n) is 4.72. The number of fused-ring (bicyclic) bond motifs is 2. The number of rotatable bonds is 3. The first-order chi connectivity index (χ1) is 13.6. The van der Waals surface area contributed by atoms with Crippen LogP contribution in [0.3, 0.4) is 0 Å². The van der Waals surface area contributed by atoms with Crippen LogP contribution in [-0.4, -0.2) is 57.7 Å². The van der Waals surface area contributed by atoms with Gasteiger partial charge in [0.05, 0.1) is 12.7 Å². The Labute approximate surface area is 165 Å². The Morgan fingerprint density at radius 3 is 2.89 bits per heavy atom. The molecule has 0 aliphatic carbocycles. The largest absolute Gasteiger partial charge is 0.370 e. The van der Waals surface area contributed by atoms with Crippen molar-refractivity contribution in [1.29, 1.82) is 0 Å². The van der Waals surface area contributed by atoms with Crippen LogP contribution in [-0.2, 0) is 29.5 Å². The number of carbonyl (C=O) groups excluding carboxylic acids is 2. The Morgan fingerprint density at radius 1 is 1.21 bits per heavy atom. The second-order valence-corrected chi connectivity index (χ2v) is 7.09. The predicted molar refractivity (Wildman–Crippen MR) is 107 cm³/mol. The average molecular weight is 384 g/mol. The van der Waals surface area contributed by atoms with Gasteiger partial charge in [-0.3, -0.25) is 14.3 Å². The summed E-state index contributed by atoms with van der Waals surface area (Å²) < 4.78 is 1.73. The summed E-state index contributed by atoms with van der Waals surface area (Å²) in [5, 5.41) is 10.3. The van der Waals surface area contributed by atoms with E-state index in [-0.39, 0.29) is 18.4 Å². The second-order valence-electron chi connectivity index (χ2n) is 7.09. The van der Waals surface area contributed by atoms with Crippen molar-refractivity contribution in [3.05, 3.63) is 41.9 Å². The number of pyridine rings is 1. The molecule has 0 atom stereocenters. The molecule has 3 rings (SSSR count). The fraction of sp³-hybridized carbons (Fsp3) is 0.500. The van der Waals surface area contributed by atoms with Crippen LogP contribution in [0, 0.1) is 0 Å². The molecular formula is C20H28N6O2. The summed E-state index contributed by atoms with van der Waals surface area (Å²) in [6.07, 6.45) is 7.01. The van der Waals surface area contributed by atoms with E-state index in [2.05, 4.69) is 20.7 Å². The minimum absolute atomic E-state index is 0.00512. The van der Waals surface area contributed by atoms with Crippen molar-refractivity contribution in [3.8, 4) is 0 Å². The monoisotopic (exact) mass is 384 g/mol. The summed E-state index contributed by atoms with van der Waals surface area (Å²) in [4.78, 5) is 31.3. The first kappa shape index (κ1) is 19.9. The van der Waals surface area contributed by atoms with E-state index >= 15 is 0 Å². The van der Waals surface area contributed by atoms with Crippen LogP contribution in [0.5, 0.6) is 0 Å². The Morgan fingerprint density at radius 2 is 2.07 bits per heavy atom. The Balaban J connectivity index is 1.62. The smallest absolute Gasteiger partial charge is 0.239 e. The molecule has 2 aromatic heterocycles. The van der Waals surface area contributed by atoms with E-state index in [9.17, 15) is 9.59 Å². The lowest BCUT2D eigenvalue weighted by atomic mass is 10.1. The molecule has 1 aliphatic heterocycles. The molecule has 0 aromatic carbocycles. The average Bonchev–Trinajstić information content (AvgIpc) is 3.10. The van der Waals surface area contributed by atoms with Gasteiger partial charge in [-0.25, -0.2) is 4.98 Å². The minimum atomic E-state index is -0.108. The first-order valence-electron chi connectivity index (χ1n) is 9.82. The van der Waals surface area contributed by atoms with E-state index in [1.54, 1.807) is 15.8 Å². The van der Waals surface area contributed by atoms with Crippen LogP contribution in [0.25, 0.3) is 0 Å². The van der Waals surface area contributed by atoms with Crippen molar-refractivity contribution < 1.29 is 9.59 Å². The Bertz CT molecular complexity index is 803. The van der Waals surface area contributed by atoms with Crippen LogP contribution in [0.2, 0.25) is 0 Å². The molecule has 2 aromatic rings. The molecule has 8 heteroatoms. The molecule has 2 N–H and O–H groups in total. The summed E-state index contributed by atoms with van der Waals surface area (Å²) in [5.74, 6) is 0.739. The van der Waals surface area contributed by atoms with E-state index in [1.807, 2.05) is 31.4 Å². The maximum absolute atomic E-state index is 12.7. The number of hydrogen-bond acceptors (Lipinski definition) is 5. The Hall–Kier alpha value is -2.90. The summed E-state index contributed by atoms with van der Waals surface area (Å²) in [5.41, 5.74) is 2.02. The van der Waals surface area contributed by atoms with Gasteiger partial charge in [-0.1, -0.05) is 6.07 Å². The normalized spacial score (nSPS) is 16.0. The van der Waals surface area contributed by atoms with Gasteiger partial charge in [0.1, 0.15) is 5.82 Å². The number of carbonyl (C=O) groups is 2. The predicted octanol–water partition coefficient (Wildman–Crippen LogP) is 1.14. The third kappa shape index (κ3) is 6.07.